The first-order chi connectivity index (χ1) is 22.1. The van der Waals surface area contributed by atoms with Gasteiger partial charge in [0.15, 0.2) is 11.6 Å². The number of hydrogen-bond donors (Lipinski definition) is 4. The number of aliphatic hydroxyl groups is 3. The number of ketones is 2. The fourth-order valence-corrected chi connectivity index (χ4v) is 12.4. The number of carboxylic acid groups (broad SMARTS) is 1. The number of ether oxygens (including phenoxy) is 2. The van der Waals surface area contributed by atoms with E-state index in [0.717, 1.165) is 44.9 Å². The molecule has 1 saturated heterocycles. The lowest BCUT2D eigenvalue weighted by molar-refractivity contribution is -0.219. The first-order valence-electron chi connectivity index (χ1n) is 18.5. The minimum Gasteiger partial charge on any atom is -0.481 e. The van der Waals surface area contributed by atoms with Crippen molar-refractivity contribution in [3.05, 3.63) is 11.6 Å². The number of carbonyl (C=O) groups excluding carboxylic acids is 2. The van der Waals surface area contributed by atoms with E-state index < -0.39 is 41.9 Å². The van der Waals surface area contributed by atoms with Crippen LogP contribution in [0, 0.1) is 50.2 Å². The van der Waals surface area contributed by atoms with Gasteiger partial charge in [0.05, 0.1) is 23.7 Å². The van der Waals surface area contributed by atoms with Crippen molar-refractivity contribution < 1.29 is 44.3 Å². The Hall–Kier alpha value is -1.65. The summed E-state index contributed by atoms with van der Waals surface area (Å²) >= 11 is 0. The van der Waals surface area contributed by atoms with Gasteiger partial charge in [0.1, 0.15) is 24.9 Å². The van der Waals surface area contributed by atoms with Crippen molar-refractivity contribution in [1.82, 2.24) is 0 Å². The molecule has 4 saturated carbocycles. The number of rotatable bonds is 6. The molecular formula is C39H60O9. The number of carbonyl (C=O) groups is 3. The van der Waals surface area contributed by atoms with Gasteiger partial charge in [0.25, 0.3) is 0 Å². The topological polar surface area (TPSA) is 151 Å². The molecule has 0 bridgehead atoms. The fourth-order valence-electron chi connectivity index (χ4n) is 12.4. The smallest absolute Gasteiger partial charge is 0.309 e. The van der Waals surface area contributed by atoms with Gasteiger partial charge in [-0.15, -0.1) is 0 Å². The zero-order chi connectivity index (χ0) is 35.4. The molecule has 6 aliphatic rings. The van der Waals surface area contributed by atoms with Crippen LogP contribution in [-0.4, -0.2) is 81.2 Å². The van der Waals surface area contributed by atoms with Gasteiger partial charge in [0, 0.05) is 12.3 Å². The van der Waals surface area contributed by atoms with E-state index in [1.54, 1.807) is 6.92 Å². The monoisotopic (exact) mass is 672 g/mol. The molecule has 0 radical (unpaired) electrons. The van der Waals surface area contributed by atoms with Crippen LogP contribution in [0.3, 0.4) is 0 Å². The molecule has 0 amide bonds. The maximum Gasteiger partial charge on any atom is 0.309 e. The van der Waals surface area contributed by atoms with E-state index >= 15 is 0 Å². The molecule has 14 atom stereocenters. The number of aliphatic carboxylic acids is 1. The summed E-state index contributed by atoms with van der Waals surface area (Å²) in [4.78, 5) is 40.1. The van der Waals surface area contributed by atoms with E-state index in [0.29, 0.717) is 12.8 Å². The maximum atomic E-state index is 14.6. The van der Waals surface area contributed by atoms with Crippen molar-refractivity contribution in [2.45, 2.75) is 156 Å². The highest BCUT2D eigenvalue weighted by Gasteiger charge is 2.70. The van der Waals surface area contributed by atoms with E-state index in [4.69, 9.17) is 9.47 Å². The zero-order valence-corrected chi connectivity index (χ0v) is 30.4. The second kappa shape index (κ2) is 11.7. The lowest BCUT2D eigenvalue weighted by atomic mass is 9.33. The summed E-state index contributed by atoms with van der Waals surface area (Å²) in [6.45, 7) is 17.2. The van der Waals surface area contributed by atoms with Crippen LogP contribution in [0.2, 0.25) is 0 Å². The Morgan fingerprint density at radius 3 is 2.23 bits per heavy atom. The third kappa shape index (κ3) is 5.14. The molecule has 0 aromatic heterocycles. The summed E-state index contributed by atoms with van der Waals surface area (Å²) in [5.74, 6) is -0.594. The predicted molar refractivity (Wildman–Crippen MR) is 179 cm³/mol. The van der Waals surface area contributed by atoms with Crippen LogP contribution in [0.15, 0.2) is 11.6 Å². The van der Waals surface area contributed by atoms with Gasteiger partial charge in [-0.1, -0.05) is 47.1 Å². The molecule has 9 nitrogen and oxygen atoms in total. The number of fused-ring (bicyclic) bond motifs is 7. The highest BCUT2D eigenvalue weighted by Crippen LogP contribution is 2.75. The largest absolute Gasteiger partial charge is 0.481 e. The summed E-state index contributed by atoms with van der Waals surface area (Å²) in [6, 6.07) is 0. The molecule has 48 heavy (non-hydrogen) atoms. The van der Waals surface area contributed by atoms with E-state index in [-0.39, 0.29) is 75.5 Å². The lowest BCUT2D eigenvalue weighted by Crippen LogP contribution is -2.66. The number of allylic oxidation sites excluding steroid dienone is 2. The molecule has 9 heteroatoms. The van der Waals surface area contributed by atoms with Gasteiger partial charge >= 0.3 is 5.97 Å². The standard InChI is InChI=1S/C39H60O9/c1-21-29(42)31(44)30(43)26(48-21)17-22(40)20-47-28-10-11-37(6)27(34(28,2)3)9-12-39(8)32(37)25(41)18-23-24-19-36(5,33(45)46)14-13-35(24,4)15-16-38(23,39)7/h18,21,24,26-32,42-44H,9-17,19-20H2,1-8H3,(H,45,46). The molecule has 5 aliphatic carbocycles. The molecule has 4 N–H and O–H groups in total. The zero-order valence-electron chi connectivity index (χ0n) is 30.4. The van der Waals surface area contributed by atoms with Crippen molar-refractivity contribution in [1.29, 1.82) is 0 Å². The Morgan fingerprint density at radius 2 is 1.56 bits per heavy atom. The lowest BCUT2D eigenvalue weighted by Gasteiger charge is -2.70. The fraction of sp³-hybridized carbons (Fsp3) is 0.872. The number of carboxylic acids is 1. The van der Waals surface area contributed by atoms with E-state index in [1.807, 2.05) is 13.0 Å². The quantitative estimate of drug-likeness (QED) is 0.296. The summed E-state index contributed by atoms with van der Waals surface area (Å²) in [5.41, 5.74) is -0.521. The highest BCUT2D eigenvalue weighted by molar-refractivity contribution is 5.95. The summed E-state index contributed by atoms with van der Waals surface area (Å²) in [5, 5.41) is 40.7. The van der Waals surface area contributed by atoms with Crippen LogP contribution in [0.4, 0.5) is 0 Å². The molecule has 14 unspecified atom stereocenters. The van der Waals surface area contributed by atoms with Gasteiger partial charge in [-0.25, -0.2) is 0 Å². The molecule has 0 spiro atoms. The Balaban J connectivity index is 1.21. The first kappa shape index (κ1) is 36.2. The van der Waals surface area contributed by atoms with Crippen LogP contribution < -0.4 is 0 Å². The molecule has 6 rings (SSSR count). The van der Waals surface area contributed by atoms with Crippen molar-refractivity contribution in [3.8, 4) is 0 Å². The van der Waals surface area contributed by atoms with Gasteiger partial charge in [0.2, 0.25) is 0 Å². The van der Waals surface area contributed by atoms with Crippen LogP contribution in [0.5, 0.6) is 0 Å². The molecule has 1 aliphatic heterocycles. The summed E-state index contributed by atoms with van der Waals surface area (Å²) < 4.78 is 12.0. The molecule has 0 aromatic rings. The van der Waals surface area contributed by atoms with Gasteiger partial charge < -0.3 is 29.9 Å². The van der Waals surface area contributed by atoms with Crippen LogP contribution in [0.1, 0.15) is 120 Å². The van der Waals surface area contributed by atoms with Gasteiger partial charge in [-0.2, -0.15) is 0 Å². The van der Waals surface area contributed by atoms with Crippen LogP contribution in [0.25, 0.3) is 0 Å². The van der Waals surface area contributed by atoms with E-state index in [9.17, 15) is 34.8 Å². The van der Waals surface area contributed by atoms with Crippen molar-refractivity contribution in [3.63, 3.8) is 0 Å². The van der Waals surface area contributed by atoms with E-state index in [2.05, 4.69) is 41.5 Å². The summed E-state index contributed by atoms with van der Waals surface area (Å²) in [7, 11) is 0. The van der Waals surface area contributed by atoms with Crippen LogP contribution >= 0.6 is 0 Å². The van der Waals surface area contributed by atoms with Crippen LogP contribution in [-0.2, 0) is 23.9 Å². The highest BCUT2D eigenvalue weighted by atomic mass is 16.5. The Bertz CT molecular complexity index is 1370. The third-order valence-electron chi connectivity index (χ3n) is 15.9. The average Bonchev–Trinajstić information content (AvgIpc) is 3.00. The molecular weight excluding hydrogens is 612 g/mol. The van der Waals surface area contributed by atoms with Gasteiger partial charge in [-0.05, 0) is 117 Å². The molecule has 1 heterocycles. The van der Waals surface area contributed by atoms with Crippen molar-refractivity contribution >= 4 is 17.5 Å². The van der Waals surface area contributed by atoms with Crippen molar-refractivity contribution in [2.24, 2.45) is 50.2 Å². The predicted octanol–water partition coefficient (Wildman–Crippen LogP) is 5.27. The number of aliphatic hydroxyl groups excluding tert-OH is 3. The summed E-state index contributed by atoms with van der Waals surface area (Å²) in [6.07, 6.45) is 3.76. The third-order valence-corrected chi connectivity index (χ3v) is 15.9. The van der Waals surface area contributed by atoms with E-state index in [1.165, 1.54) is 5.57 Å². The normalized spacial score (nSPS) is 51.4. The minimum absolute atomic E-state index is 0.0141. The second-order valence-corrected chi connectivity index (χ2v) is 18.8. The first-order valence-corrected chi connectivity index (χ1v) is 18.5. The Morgan fingerprint density at radius 1 is 0.896 bits per heavy atom. The number of Topliss-reactive ketones (excluding diaryl/α,β-unsaturated/α-hetero) is 1. The maximum absolute atomic E-state index is 14.6. The van der Waals surface area contributed by atoms with Crippen molar-refractivity contribution in [2.75, 3.05) is 6.61 Å². The van der Waals surface area contributed by atoms with Gasteiger partial charge in [-0.3, -0.25) is 14.4 Å². The Labute approximate surface area is 286 Å². The average molecular weight is 673 g/mol. The molecule has 270 valence electrons. The second-order valence-electron chi connectivity index (χ2n) is 18.8. The SMILES string of the molecule is CC1OC(CC(=O)COC2CCC3(C)C(CCC4(C)C3C(=O)C=C3C5CC(C)(C(=O)O)CCC5(C)CCC34C)C2(C)C)C(O)C(O)C1O. The molecule has 0 aromatic carbocycles. The number of hydrogen-bond acceptors (Lipinski definition) is 8. The molecule has 5 fully saturated rings. The Kier molecular flexibility index (Phi) is 8.80. The minimum atomic E-state index is -1.37.